The Labute approximate surface area is 154 Å². The number of hydrogen-bond donors (Lipinski definition) is 1. The largest absolute Gasteiger partial charge is 0.493 e. The Balaban J connectivity index is 1.52. The molecule has 0 heterocycles. The molecule has 0 aliphatic heterocycles. The van der Waals surface area contributed by atoms with Gasteiger partial charge in [-0.1, -0.05) is 48.5 Å². The third-order valence-electron chi connectivity index (χ3n) is 4.03. The Morgan fingerprint density at radius 1 is 0.731 bits per heavy atom. The lowest BCUT2D eigenvalue weighted by atomic mass is 10.1. The van der Waals surface area contributed by atoms with Crippen LogP contribution in [0.15, 0.2) is 72.8 Å². The third kappa shape index (κ3) is 4.55. The second-order valence-electron chi connectivity index (χ2n) is 5.78. The second-order valence-corrected chi connectivity index (χ2v) is 5.78. The average molecular weight is 349 g/mol. The van der Waals surface area contributed by atoms with E-state index in [-0.39, 0.29) is 0 Å². The van der Waals surface area contributed by atoms with Crippen molar-refractivity contribution >= 4 is 0 Å². The average Bonchev–Trinajstić information content (AvgIpc) is 2.72. The normalized spacial score (nSPS) is 10.4. The molecule has 0 unspecified atom stereocenters. The van der Waals surface area contributed by atoms with Crippen LogP contribution in [0.5, 0.6) is 17.2 Å². The monoisotopic (exact) mass is 349 g/mol. The summed E-state index contributed by atoms with van der Waals surface area (Å²) in [5, 5.41) is 0. The van der Waals surface area contributed by atoms with Crippen molar-refractivity contribution in [3.05, 3.63) is 78.4 Å². The van der Waals surface area contributed by atoms with Gasteiger partial charge in [0.25, 0.3) is 0 Å². The first-order chi connectivity index (χ1) is 12.8. The van der Waals surface area contributed by atoms with Crippen LogP contribution in [0.2, 0.25) is 0 Å². The molecule has 0 atom stereocenters. The van der Waals surface area contributed by atoms with Crippen molar-refractivity contribution in [2.24, 2.45) is 5.73 Å². The van der Waals surface area contributed by atoms with Gasteiger partial charge < -0.3 is 19.9 Å². The molecule has 4 nitrogen and oxygen atoms in total. The maximum absolute atomic E-state index is 5.78. The number of hydrogen-bond acceptors (Lipinski definition) is 4. The predicted octanol–water partition coefficient (Wildman–Crippen LogP) is 4.28. The van der Waals surface area contributed by atoms with E-state index in [4.69, 9.17) is 19.9 Å². The molecule has 0 aliphatic carbocycles. The Bertz CT molecular complexity index is 817. The van der Waals surface area contributed by atoms with Crippen LogP contribution in [0, 0.1) is 0 Å². The van der Waals surface area contributed by atoms with Gasteiger partial charge in [0.2, 0.25) is 0 Å². The molecule has 0 bridgehead atoms. The Kier molecular flexibility index (Phi) is 6.12. The van der Waals surface area contributed by atoms with E-state index in [1.807, 2.05) is 48.5 Å². The zero-order chi connectivity index (χ0) is 18.2. The fraction of sp³-hybridized carbons (Fsp3) is 0.182. The number of nitrogens with two attached hydrogens (primary N) is 1. The van der Waals surface area contributed by atoms with Crippen molar-refractivity contribution in [3.8, 4) is 28.4 Å². The molecule has 3 rings (SSSR count). The summed E-state index contributed by atoms with van der Waals surface area (Å²) in [4.78, 5) is 0. The molecular formula is C22H23NO3. The lowest BCUT2D eigenvalue weighted by molar-refractivity contribution is 0.211. The number of methoxy groups -OCH3 is 1. The summed E-state index contributed by atoms with van der Waals surface area (Å²) in [6.07, 6.45) is 0. The highest BCUT2D eigenvalue weighted by molar-refractivity contribution is 5.63. The van der Waals surface area contributed by atoms with Gasteiger partial charge >= 0.3 is 0 Å². The molecule has 2 N–H and O–H groups in total. The van der Waals surface area contributed by atoms with Gasteiger partial charge in [0.05, 0.1) is 7.11 Å². The summed E-state index contributed by atoms with van der Waals surface area (Å²) in [5.41, 5.74) is 9.03. The van der Waals surface area contributed by atoms with Gasteiger partial charge in [-0.2, -0.15) is 0 Å². The Morgan fingerprint density at radius 3 is 2.12 bits per heavy atom. The maximum atomic E-state index is 5.78. The standard InChI is InChI=1S/C22H23NO3/c1-24-21-12-7-17(16-23)15-22(21)26-14-13-25-20-10-8-19(9-11-20)18-5-3-2-4-6-18/h2-12,15H,13-14,16,23H2,1H3. The summed E-state index contributed by atoms with van der Waals surface area (Å²) in [6, 6.07) is 24.0. The van der Waals surface area contributed by atoms with Gasteiger partial charge in [0.15, 0.2) is 11.5 Å². The zero-order valence-corrected chi connectivity index (χ0v) is 14.9. The first kappa shape index (κ1) is 17.8. The molecule has 4 heteroatoms. The molecular weight excluding hydrogens is 326 g/mol. The number of benzene rings is 3. The molecule has 0 aliphatic rings. The fourth-order valence-corrected chi connectivity index (χ4v) is 2.65. The van der Waals surface area contributed by atoms with Crippen LogP contribution in [-0.2, 0) is 6.54 Å². The van der Waals surface area contributed by atoms with Gasteiger partial charge in [-0.3, -0.25) is 0 Å². The third-order valence-corrected chi connectivity index (χ3v) is 4.03. The summed E-state index contributed by atoms with van der Waals surface area (Å²) in [7, 11) is 1.62. The zero-order valence-electron chi connectivity index (χ0n) is 14.9. The quantitative estimate of drug-likeness (QED) is 0.617. The highest BCUT2D eigenvalue weighted by Crippen LogP contribution is 2.28. The van der Waals surface area contributed by atoms with Crippen molar-refractivity contribution in [3.63, 3.8) is 0 Å². The Hall–Kier alpha value is -2.98. The number of ether oxygens (including phenoxy) is 3. The lowest BCUT2D eigenvalue weighted by Crippen LogP contribution is -2.10. The van der Waals surface area contributed by atoms with Crippen LogP contribution in [0.3, 0.4) is 0 Å². The summed E-state index contributed by atoms with van der Waals surface area (Å²) >= 11 is 0. The van der Waals surface area contributed by atoms with Gasteiger partial charge in [-0.25, -0.2) is 0 Å². The van der Waals surface area contributed by atoms with Crippen molar-refractivity contribution < 1.29 is 14.2 Å². The first-order valence-corrected chi connectivity index (χ1v) is 8.58. The predicted molar refractivity (Wildman–Crippen MR) is 104 cm³/mol. The molecule has 134 valence electrons. The van der Waals surface area contributed by atoms with Gasteiger partial charge in [0, 0.05) is 6.54 Å². The van der Waals surface area contributed by atoms with Crippen molar-refractivity contribution in [1.82, 2.24) is 0 Å². The molecule has 3 aromatic carbocycles. The van der Waals surface area contributed by atoms with E-state index in [9.17, 15) is 0 Å². The van der Waals surface area contributed by atoms with Crippen LogP contribution in [0.4, 0.5) is 0 Å². The van der Waals surface area contributed by atoms with Crippen molar-refractivity contribution in [1.29, 1.82) is 0 Å². The first-order valence-electron chi connectivity index (χ1n) is 8.58. The molecule has 0 aromatic heterocycles. The van der Waals surface area contributed by atoms with Gasteiger partial charge in [-0.15, -0.1) is 0 Å². The molecule has 3 aromatic rings. The minimum absolute atomic E-state index is 0.421. The molecule has 0 spiro atoms. The highest BCUT2D eigenvalue weighted by Gasteiger charge is 2.05. The Morgan fingerprint density at radius 2 is 1.42 bits per heavy atom. The van der Waals surface area contributed by atoms with Crippen LogP contribution < -0.4 is 19.9 Å². The van der Waals surface area contributed by atoms with Gasteiger partial charge in [-0.05, 0) is 41.0 Å². The van der Waals surface area contributed by atoms with E-state index in [0.29, 0.717) is 31.3 Å². The summed E-state index contributed by atoms with van der Waals surface area (Å²) < 4.78 is 16.8. The molecule has 0 saturated heterocycles. The fourth-order valence-electron chi connectivity index (χ4n) is 2.65. The van der Waals surface area contributed by atoms with E-state index >= 15 is 0 Å². The summed E-state index contributed by atoms with van der Waals surface area (Å²) in [5.74, 6) is 2.18. The number of rotatable bonds is 8. The molecule has 0 radical (unpaired) electrons. The second kappa shape index (κ2) is 8.92. The van der Waals surface area contributed by atoms with E-state index in [1.165, 1.54) is 5.56 Å². The van der Waals surface area contributed by atoms with Crippen LogP contribution in [-0.4, -0.2) is 20.3 Å². The highest BCUT2D eigenvalue weighted by atomic mass is 16.5. The minimum Gasteiger partial charge on any atom is -0.493 e. The molecule has 0 saturated carbocycles. The minimum atomic E-state index is 0.421. The summed E-state index contributed by atoms with van der Waals surface area (Å²) in [6.45, 7) is 1.33. The lowest BCUT2D eigenvalue weighted by Gasteiger charge is -2.13. The van der Waals surface area contributed by atoms with Crippen LogP contribution in [0.25, 0.3) is 11.1 Å². The van der Waals surface area contributed by atoms with E-state index in [0.717, 1.165) is 16.9 Å². The van der Waals surface area contributed by atoms with Crippen molar-refractivity contribution in [2.45, 2.75) is 6.54 Å². The van der Waals surface area contributed by atoms with Crippen LogP contribution in [0.1, 0.15) is 5.56 Å². The maximum Gasteiger partial charge on any atom is 0.161 e. The van der Waals surface area contributed by atoms with E-state index < -0.39 is 0 Å². The van der Waals surface area contributed by atoms with Gasteiger partial charge in [0.1, 0.15) is 19.0 Å². The van der Waals surface area contributed by atoms with Crippen molar-refractivity contribution in [2.75, 3.05) is 20.3 Å². The van der Waals surface area contributed by atoms with E-state index in [2.05, 4.69) is 24.3 Å². The molecule has 0 amide bonds. The molecule has 0 fully saturated rings. The SMILES string of the molecule is COc1ccc(CN)cc1OCCOc1ccc(-c2ccccc2)cc1. The molecule has 26 heavy (non-hydrogen) atoms. The van der Waals surface area contributed by atoms with E-state index in [1.54, 1.807) is 7.11 Å². The smallest absolute Gasteiger partial charge is 0.161 e. The topological polar surface area (TPSA) is 53.7 Å². The van der Waals surface area contributed by atoms with Crippen LogP contribution >= 0.6 is 0 Å².